The molecular weight excluding hydrogens is 232 g/mol. The Morgan fingerprint density at radius 1 is 1.39 bits per heavy atom. The maximum absolute atomic E-state index is 10.9. The molecule has 1 aromatic rings. The summed E-state index contributed by atoms with van der Waals surface area (Å²) in [7, 11) is 0. The molecule has 18 heavy (non-hydrogen) atoms. The van der Waals surface area contributed by atoms with Crippen molar-refractivity contribution in [3.8, 4) is 0 Å². The fourth-order valence-electron chi connectivity index (χ4n) is 1.65. The van der Waals surface area contributed by atoms with Gasteiger partial charge in [-0.25, -0.2) is 4.79 Å². The summed E-state index contributed by atoms with van der Waals surface area (Å²) in [5.74, 6) is -1.32. The zero-order chi connectivity index (χ0) is 13.8. The van der Waals surface area contributed by atoms with Crippen LogP contribution in [0.4, 0.5) is 0 Å². The minimum Gasteiger partial charge on any atom is -0.478 e. The van der Waals surface area contributed by atoms with Gasteiger partial charge in [0.25, 0.3) is 0 Å². The first-order chi connectivity index (χ1) is 8.30. The predicted molar refractivity (Wildman–Crippen MR) is 68.1 cm³/mol. The highest BCUT2D eigenvalue weighted by atomic mass is 16.4. The van der Waals surface area contributed by atoms with Gasteiger partial charge in [0.15, 0.2) is 0 Å². The van der Waals surface area contributed by atoms with Gasteiger partial charge in [-0.3, -0.25) is 4.79 Å². The molecule has 1 rings (SSSR count). The molecule has 0 bridgehead atoms. The van der Waals surface area contributed by atoms with Gasteiger partial charge in [-0.2, -0.15) is 0 Å². The van der Waals surface area contributed by atoms with E-state index >= 15 is 0 Å². The average Bonchev–Trinajstić information content (AvgIpc) is 2.25. The third kappa shape index (κ3) is 4.55. The molecule has 0 aliphatic heterocycles. The smallest absolute Gasteiger partial charge is 0.335 e. The number of benzene rings is 1. The Morgan fingerprint density at radius 2 is 2.06 bits per heavy atom. The van der Waals surface area contributed by atoms with E-state index in [9.17, 15) is 9.59 Å². The van der Waals surface area contributed by atoms with Gasteiger partial charge in [-0.15, -0.1) is 0 Å². The van der Waals surface area contributed by atoms with Gasteiger partial charge >= 0.3 is 5.97 Å². The Balaban J connectivity index is 2.66. The van der Waals surface area contributed by atoms with Crippen LogP contribution in [0.5, 0.6) is 0 Å². The van der Waals surface area contributed by atoms with Gasteiger partial charge in [0.2, 0.25) is 5.91 Å². The van der Waals surface area contributed by atoms with Crippen LogP contribution in [0.2, 0.25) is 0 Å². The van der Waals surface area contributed by atoms with E-state index in [2.05, 4.69) is 5.32 Å². The number of carbonyl (C=O) groups excluding carboxylic acids is 1. The maximum atomic E-state index is 10.9. The molecule has 0 saturated carbocycles. The molecule has 0 fully saturated rings. The van der Waals surface area contributed by atoms with Crippen LogP contribution in [0.25, 0.3) is 0 Å². The highest BCUT2D eigenvalue weighted by Gasteiger charge is 2.19. The van der Waals surface area contributed by atoms with E-state index in [1.54, 1.807) is 18.2 Å². The van der Waals surface area contributed by atoms with E-state index in [1.165, 1.54) is 0 Å². The zero-order valence-electron chi connectivity index (χ0n) is 10.6. The molecule has 0 saturated heterocycles. The second kappa shape index (κ2) is 5.64. The van der Waals surface area contributed by atoms with Gasteiger partial charge in [0.1, 0.15) is 0 Å². The molecule has 0 aliphatic carbocycles. The summed E-state index contributed by atoms with van der Waals surface area (Å²) in [6, 6.07) is 6.68. The lowest BCUT2D eigenvalue weighted by atomic mass is 9.99. The van der Waals surface area contributed by atoms with Crippen molar-refractivity contribution >= 4 is 11.9 Å². The van der Waals surface area contributed by atoms with E-state index in [4.69, 9.17) is 10.8 Å². The number of hydrogen-bond acceptors (Lipinski definition) is 3. The van der Waals surface area contributed by atoms with Crippen molar-refractivity contribution in [3.63, 3.8) is 0 Å². The molecule has 5 nitrogen and oxygen atoms in total. The molecule has 0 spiro atoms. The van der Waals surface area contributed by atoms with Crippen LogP contribution in [0, 0.1) is 0 Å². The summed E-state index contributed by atoms with van der Waals surface area (Å²) in [6.07, 6.45) is 0.228. The highest BCUT2D eigenvalue weighted by molar-refractivity contribution is 5.87. The Labute approximate surface area is 106 Å². The molecule has 4 N–H and O–H groups in total. The molecule has 0 aromatic heterocycles. The number of carboxylic acid groups (broad SMARTS) is 1. The third-order valence-corrected chi connectivity index (χ3v) is 2.56. The number of nitrogens with one attached hydrogen (secondary N) is 1. The van der Waals surface area contributed by atoms with Crippen LogP contribution in [0.15, 0.2) is 24.3 Å². The second-order valence-electron chi connectivity index (χ2n) is 4.89. The van der Waals surface area contributed by atoms with Crippen LogP contribution in [0.1, 0.15) is 36.2 Å². The van der Waals surface area contributed by atoms with E-state index < -0.39 is 11.5 Å². The number of nitrogens with two attached hydrogens (primary N) is 1. The Morgan fingerprint density at radius 3 is 2.61 bits per heavy atom. The summed E-state index contributed by atoms with van der Waals surface area (Å²) in [5, 5.41) is 12.1. The van der Waals surface area contributed by atoms with Crippen LogP contribution < -0.4 is 11.1 Å². The highest BCUT2D eigenvalue weighted by Crippen LogP contribution is 2.11. The number of hydrogen-bond donors (Lipinski definition) is 3. The minimum atomic E-state index is -0.951. The summed E-state index contributed by atoms with van der Waals surface area (Å²) in [5.41, 5.74) is 5.85. The second-order valence-corrected chi connectivity index (χ2v) is 4.89. The van der Waals surface area contributed by atoms with Crippen LogP contribution >= 0.6 is 0 Å². The molecular formula is C13H18N2O3. The van der Waals surface area contributed by atoms with E-state index in [-0.39, 0.29) is 17.9 Å². The summed E-state index contributed by atoms with van der Waals surface area (Å²) in [6.45, 7) is 4.24. The van der Waals surface area contributed by atoms with Gasteiger partial charge in [0.05, 0.1) is 5.56 Å². The first kappa shape index (κ1) is 14.2. The fourth-order valence-corrected chi connectivity index (χ4v) is 1.65. The summed E-state index contributed by atoms with van der Waals surface area (Å²) >= 11 is 0. The number of rotatable bonds is 6. The normalized spacial score (nSPS) is 11.2. The van der Waals surface area contributed by atoms with Gasteiger partial charge in [-0.05, 0) is 31.5 Å². The monoisotopic (exact) mass is 250 g/mol. The minimum absolute atomic E-state index is 0.228. The van der Waals surface area contributed by atoms with Crippen molar-refractivity contribution in [2.45, 2.75) is 32.4 Å². The maximum Gasteiger partial charge on any atom is 0.335 e. The Bertz CT molecular complexity index is 455. The number of aromatic carboxylic acids is 1. The van der Waals surface area contributed by atoms with Crippen molar-refractivity contribution in [2.75, 3.05) is 0 Å². The van der Waals surface area contributed by atoms with Crippen molar-refractivity contribution in [1.82, 2.24) is 5.32 Å². The largest absolute Gasteiger partial charge is 0.478 e. The van der Waals surface area contributed by atoms with E-state index in [1.807, 2.05) is 19.9 Å². The number of carbonyl (C=O) groups is 2. The lowest BCUT2D eigenvalue weighted by molar-refractivity contribution is -0.119. The summed E-state index contributed by atoms with van der Waals surface area (Å²) < 4.78 is 0. The fraction of sp³-hybridized carbons (Fsp3) is 0.385. The van der Waals surface area contributed by atoms with E-state index in [0.717, 1.165) is 5.56 Å². The number of carboxylic acids is 1. The molecule has 0 atom stereocenters. The first-order valence-corrected chi connectivity index (χ1v) is 5.66. The predicted octanol–water partition coefficient (Wildman–Crippen LogP) is 1.13. The number of primary amides is 1. The molecule has 0 heterocycles. The van der Waals surface area contributed by atoms with Crippen LogP contribution in [0.3, 0.4) is 0 Å². The lowest BCUT2D eigenvalue weighted by Crippen LogP contribution is -2.42. The van der Waals surface area contributed by atoms with Crippen LogP contribution in [-0.4, -0.2) is 22.5 Å². The van der Waals surface area contributed by atoms with Crippen LogP contribution in [-0.2, 0) is 11.3 Å². The molecule has 1 amide bonds. The topological polar surface area (TPSA) is 92.4 Å². The lowest BCUT2D eigenvalue weighted by Gasteiger charge is -2.24. The van der Waals surface area contributed by atoms with Crippen molar-refractivity contribution in [2.24, 2.45) is 5.73 Å². The Kier molecular flexibility index (Phi) is 4.44. The molecule has 0 aliphatic rings. The average molecular weight is 250 g/mol. The summed E-state index contributed by atoms with van der Waals surface area (Å²) in [4.78, 5) is 21.7. The van der Waals surface area contributed by atoms with Crippen molar-refractivity contribution < 1.29 is 14.7 Å². The van der Waals surface area contributed by atoms with Crippen molar-refractivity contribution in [1.29, 1.82) is 0 Å². The molecule has 1 aromatic carbocycles. The molecule has 5 heteroatoms. The Hall–Kier alpha value is -1.88. The van der Waals surface area contributed by atoms with Crippen molar-refractivity contribution in [3.05, 3.63) is 35.4 Å². The van der Waals surface area contributed by atoms with Gasteiger partial charge < -0.3 is 16.2 Å². The van der Waals surface area contributed by atoms with E-state index in [0.29, 0.717) is 6.54 Å². The molecule has 0 radical (unpaired) electrons. The SMILES string of the molecule is CC(C)(CC(N)=O)NCc1cccc(C(=O)O)c1. The first-order valence-electron chi connectivity index (χ1n) is 5.66. The third-order valence-electron chi connectivity index (χ3n) is 2.56. The molecule has 98 valence electrons. The van der Waals surface area contributed by atoms with Gasteiger partial charge in [0, 0.05) is 18.5 Å². The molecule has 0 unspecified atom stereocenters. The quantitative estimate of drug-likeness (QED) is 0.705. The standard InChI is InChI=1S/C13H18N2O3/c1-13(2,7-11(14)16)15-8-9-4-3-5-10(6-9)12(17)18/h3-6,15H,7-8H2,1-2H3,(H2,14,16)(H,17,18). The zero-order valence-corrected chi connectivity index (χ0v) is 10.6. The number of amides is 1. The van der Waals surface area contributed by atoms with Gasteiger partial charge in [-0.1, -0.05) is 12.1 Å².